The zero-order chi connectivity index (χ0) is 15.9. The summed E-state index contributed by atoms with van der Waals surface area (Å²) in [5.41, 5.74) is -0.308. The van der Waals surface area contributed by atoms with Gasteiger partial charge in [0.05, 0.1) is 21.6 Å². The molecule has 0 aliphatic carbocycles. The summed E-state index contributed by atoms with van der Waals surface area (Å²) in [4.78, 5) is 23.5. The van der Waals surface area contributed by atoms with Crippen LogP contribution in [-0.4, -0.2) is 20.9 Å². The number of hydrogen-bond donors (Lipinski definition) is 1. The lowest BCUT2D eigenvalue weighted by Crippen LogP contribution is -2.22. The standard InChI is InChI=1S/C15H8Cl2N2O3/c16-8-4-6-9(7-5-8)19-11-3-1-2-10(17)12(11)14(20)13(18-19)15(21)22/h1-7H,(H,21,22). The van der Waals surface area contributed by atoms with Crippen LogP contribution in [0.4, 0.5) is 0 Å². The second-order valence-electron chi connectivity index (χ2n) is 4.51. The van der Waals surface area contributed by atoms with Gasteiger partial charge in [0.15, 0.2) is 0 Å². The number of carboxylic acid groups (broad SMARTS) is 1. The SMILES string of the molecule is O=C(O)c1nn(-c2ccc(Cl)cc2)c2cccc(Cl)c2c1=O. The van der Waals surface area contributed by atoms with Gasteiger partial charge in [-0.3, -0.25) is 4.79 Å². The van der Waals surface area contributed by atoms with Crippen molar-refractivity contribution in [3.05, 3.63) is 68.4 Å². The fourth-order valence-electron chi connectivity index (χ4n) is 2.15. The van der Waals surface area contributed by atoms with Crippen molar-refractivity contribution in [2.24, 2.45) is 0 Å². The van der Waals surface area contributed by atoms with Gasteiger partial charge < -0.3 is 5.11 Å². The molecule has 110 valence electrons. The van der Waals surface area contributed by atoms with E-state index in [1.54, 1.807) is 36.4 Å². The zero-order valence-electron chi connectivity index (χ0n) is 11.0. The molecule has 0 fully saturated rings. The molecule has 0 aliphatic heterocycles. The average Bonchev–Trinajstić information content (AvgIpc) is 2.48. The fraction of sp³-hybridized carbons (Fsp3) is 0. The topological polar surface area (TPSA) is 72.2 Å². The monoisotopic (exact) mass is 334 g/mol. The fourth-order valence-corrected chi connectivity index (χ4v) is 2.53. The van der Waals surface area contributed by atoms with Crippen LogP contribution in [0.1, 0.15) is 10.5 Å². The smallest absolute Gasteiger partial charge is 0.360 e. The van der Waals surface area contributed by atoms with Gasteiger partial charge in [-0.05, 0) is 36.4 Å². The molecule has 1 heterocycles. The van der Waals surface area contributed by atoms with Crippen LogP contribution in [0.5, 0.6) is 0 Å². The number of carbonyl (C=O) groups is 1. The molecule has 0 atom stereocenters. The van der Waals surface area contributed by atoms with E-state index in [1.165, 1.54) is 10.7 Å². The van der Waals surface area contributed by atoms with E-state index in [0.717, 1.165) is 0 Å². The molecule has 7 heteroatoms. The maximum atomic E-state index is 12.3. The van der Waals surface area contributed by atoms with E-state index >= 15 is 0 Å². The minimum absolute atomic E-state index is 0.117. The number of halogens is 2. The quantitative estimate of drug-likeness (QED) is 0.779. The Hall–Kier alpha value is -2.37. The van der Waals surface area contributed by atoms with Crippen molar-refractivity contribution in [2.45, 2.75) is 0 Å². The second-order valence-corrected chi connectivity index (χ2v) is 5.35. The van der Waals surface area contributed by atoms with Crippen LogP contribution in [0.15, 0.2) is 47.3 Å². The third kappa shape index (κ3) is 2.34. The Bertz CT molecular complexity index is 949. The van der Waals surface area contributed by atoms with Crippen molar-refractivity contribution in [1.82, 2.24) is 9.78 Å². The molecule has 0 amide bonds. The van der Waals surface area contributed by atoms with Gasteiger partial charge in [0, 0.05) is 5.02 Å². The van der Waals surface area contributed by atoms with Crippen LogP contribution in [0.2, 0.25) is 10.0 Å². The van der Waals surface area contributed by atoms with E-state index in [1.807, 2.05) is 0 Å². The van der Waals surface area contributed by atoms with E-state index in [-0.39, 0.29) is 10.4 Å². The van der Waals surface area contributed by atoms with Crippen molar-refractivity contribution >= 4 is 40.1 Å². The van der Waals surface area contributed by atoms with Crippen LogP contribution < -0.4 is 5.43 Å². The lowest BCUT2D eigenvalue weighted by atomic mass is 10.2. The van der Waals surface area contributed by atoms with E-state index < -0.39 is 17.1 Å². The van der Waals surface area contributed by atoms with Crippen LogP contribution in [0.25, 0.3) is 16.6 Å². The highest BCUT2D eigenvalue weighted by molar-refractivity contribution is 6.35. The molecular formula is C15H8Cl2N2O3. The number of benzene rings is 2. The molecule has 0 radical (unpaired) electrons. The molecule has 22 heavy (non-hydrogen) atoms. The van der Waals surface area contributed by atoms with E-state index in [9.17, 15) is 14.7 Å². The summed E-state index contributed by atoms with van der Waals surface area (Å²) < 4.78 is 1.36. The highest BCUT2D eigenvalue weighted by atomic mass is 35.5. The highest BCUT2D eigenvalue weighted by Crippen LogP contribution is 2.23. The molecule has 0 spiro atoms. The summed E-state index contributed by atoms with van der Waals surface area (Å²) >= 11 is 11.9. The van der Waals surface area contributed by atoms with Gasteiger partial charge in [0.2, 0.25) is 11.1 Å². The Kier molecular flexibility index (Phi) is 3.60. The summed E-state index contributed by atoms with van der Waals surface area (Å²) in [5, 5.41) is 14.0. The first kappa shape index (κ1) is 14.6. The van der Waals surface area contributed by atoms with Gasteiger partial charge in [-0.1, -0.05) is 29.3 Å². The summed E-state index contributed by atoms with van der Waals surface area (Å²) in [7, 11) is 0. The van der Waals surface area contributed by atoms with Gasteiger partial charge in [-0.2, -0.15) is 5.10 Å². The number of aromatic carboxylic acids is 1. The number of hydrogen-bond acceptors (Lipinski definition) is 3. The first-order valence-corrected chi connectivity index (χ1v) is 6.95. The minimum Gasteiger partial charge on any atom is -0.476 e. The molecule has 5 nitrogen and oxygen atoms in total. The highest BCUT2D eigenvalue weighted by Gasteiger charge is 2.18. The van der Waals surface area contributed by atoms with E-state index in [2.05, 4.69) is 5.10 Å². The van der Waals surface area contributed by atoms with Crippen molar-refractivity contribution in [2.75, 3.05) is 0 Å². The van der Waals surface area contributed by atoms with Crippen molar-refractivity contribution < 1.29 is 9.90 Å². The number of carboxylic acids is 1. The maximum Gasteiger partial charge on any atom is 0.360 e. The number of fused-ring (bicyclic) bond motifs is 1. The zero-order valence-corrected chi connectivity index (χ0v) is 12.5. The minimum atomic E-state index is -1.41. The lowest BCUT2D eigenvalue weighted by molar-refractivity contribution is 0.0687. The molecule has 3 rings (SSSR count). The first-order valence-electron chi connectivity index (χ1n) is 6.20. The Morgan fingerprint density at radius 3 is 2.41 bits per heavy atom. The maximum absolute atomic E-state index is 12.3. The van der Waals surface area contributed by atoms with E-state index in [0.29, 0.717) is 16.2 Å². The van der Waals surface area contributed by atoms with Crippen molar-refractivity contribution in [1.29, 1.82) is 0 Å². The van der Waals surface area contributed by atoms with Gasteiger partial charge in [0.1, 0.15) is 0 Å². The van der Waals surface area contributed by atoms with Crippen LogP contribution in [0, 0.1) is 0 Å². The van der Waals surface area contributed by atoms with Crippen LogP contribution in [0.3, 0.4) is 0 Å². The summed E-state index contributed by atoms with van der Waals surface area (Å²) in [6.45, 7) is 0. The van der Waals surface area contributed by atoms with Gasteiger partial charge in [-0.25, -0.2) is 9.48 Å². The average molecular weight is 335 g/mol. The van der Waals surface area contributed by atoms with Crippen molar-refractivity contribution in [3.8, 4) is 5.69 Å². The molecule has 0 saturated heterocycles. The van der Waals surface area contributed by atoms with E-state index in [4.69, 9.17) is 23.2 Å². The molecule has 0 bridgehead atoms. The predicted octanol–water partition coefficient (Wildman–Crippen LogP) is 3.39. The predicted molar refractivity (Wildman–Crippen MR) is 84.3 cm³/mol. The summed E-state index contributed by atoms with van der Waals surface area (Å²) in [5.74, 6) is -1.41. The van der Waals surface area contributed by atoms with Crippen LogP contribution in [-0.2, 0) is 0 Å². The summed E-state index contributed by atoms with van der Waals surface area (Å²) in [6, 6.07) is 11.5. The number of rotatable bonds is 2. The molecule has 1 aromatic heterocycles. The second kappa shape index (κ2) is 5.44. The Morgan fingerprint density at radius 2 is 1.77 bits per heavy atom. The summed E-state index contributed by atoms with van der Waals surface area (Å²) in [6.07, 6.45) is 0. The molecule has 1 N–H and O–H groups in total. The first-order chi connectivity index (χ1) is 10.5. The molecule has 3 aromatic rings. The van der Waals surface area contributed by atoms with Gasteiger partial charge in [0.25, 0.3) is 0 Å². The van der Waals surface area contributed by atoms with Gasteiger partial charge in [-0.15, -0.1) is 0 Å². The third-order valence-corrected chi connectivity index (χ3v) is 3.70. The molecular weight excluding hydrogens is 327 g/mol. The van der Waals surface area contributed by atoms with Gasteiger partial charge >= 0.3 is 5.97 Å². The lowest BCUT2D eigenvalue weighted by Gasteiger charge is -2.11. The normalized spacial score (nSPS) is 10.8. The molecule has 0 saturated carbocycles. The number of nitrogens with zero attached hydrogens (tertiary/aromatic N) is 2. The largest absolute Gasteiger partial charge is 0.476 e. The molecule has 0 aliphatic rings. The molecule has 0 unspecified atom stereocenters. The van der Waals surface area contributed by atoms with Crippen LogP contribution >= 0.6 is 23.2 Å². The Labute approximate surface area is 134 Å². The van der Waals surface area contributed by atoms with Crippen molar-refractivity contribution in [3.63, 3.8) is 0 Å². The molecule has 2 aromatic carbocycles. The Balaban J connectivity index is 2.46. The third-order valence-electron chi connectivity index (χ3n) is 3.14. The number of aromatic nitrogens is 2. The Morgan fingerprint density at radius 1 is 1.09 bits per heavy atom.